The van der Waals surface area contributed by atoms with E-state index in [1.54, 1.807) is 101 Å². The SMILES string of the molecule is C=CC(=O)OC(C)CC(C)Oc1ccc(OOC(/C=C\C(=C/C)OC(=O)c2ccc(OC(C)CC(C)OC(=O)C=C)cc2)=C/C)cc1. The van der Waals surface area contributed by atoms with Crippen LogP contribution in [0.1, 0.15) is 64.7 Å². The van der Waals surface area contributed by atoms with Gasteiger partial charge in [0, 0.05) is 25.0 Å². The van der Waals surface area contributed by atoms with Gasteiger partial charge >= 0.3 is 17.9 Å². The van der Waals surface area contributed by atoms with Crippen molar-refractivity contribution < 1.29 is 47.8 Å². The van der Waals surface area contributed by atoms with Gasteiger partial charge in [0.1, 0.15) is 29.5 Å². The minimum Gasteiger partial charge on any atom is -0.491 e. The molecule has 2 aromatic rings. The van der Waals surface area contributed by atoms with E-state index < -0.39 is 17.9 Å². The van der Waals surface area contributed by atoms with Crippen LogP contribution in [0.4, 0.5) is 0 Å². The third-order valence-corrected chi connectivity index (χ3v) is 6.31. The second-order valence-corrected chi connectivity index (χ2v) is 10.5. The minimum absolute atomic E-state index is 0.195. The molecule has 0 aliphatic carbocycles. The fourth-order valence-corrected chi connectivity index (χ4v) is 4.12. The molecule has 0 bridgehead atoms. The number of rotatable bonds is 19. The largest absolute Gasteiger partial charge is 0.491 e. The fourth-order valence-electron chi connectivity index (χ4n) is 4.12. The van der Waals surface area contributed by atoms with Gasteiger partial charge < -0.3 is 23.7 Å². The number of hydrogen-bond acceptors (Lipinski definition) is 10. The number of esters is 3. The molecule has 0 radical (unpaired) electrons. The van der Waals surface area contributed by atoms with E-state index in [0.29, 0.717) is 47.2 Å². The molecule has 252 valence electrons. The summed E-state index contributed by atoms with van der Waals surface area (Å²) in [7, 11) is 0. The number of carbonyl (C=O) groups is 3. The van der Waals surface area contributed by atoms with E-state index in [4.69, 9.17) is 33.5 Å². The molecule has 0 heterocycles. The highest BCUT2D eigenvalue weighted by Crippen LogP contribution is 2.22. The summed E-state index contributed by atoms with van der Waals surface area (Å²) in [6.45, 7) is 17.6. The van der Waals surface area contributed by atoms with Crippen molar-refractivity contribution >= 4 is 17.9 Å². The Kier molecular flexibility index (Phi) is 16.1. The van der Waals surface area contributed by atoms with Crippen LogP contribution in [0.2, 0.25) is 0 Å². The molecule has 0 aliphatic heterocycles. The van der Waals surface area contributed by atoms with Crippen molar-refractivity contribution in [1.82, 2.24) is 0 Å². The standard InChI is InChI=1S/C37H44O10/c1-9-30(45-37(40)29-13-15-32(16-14-29)41-25(5)23-27(7)43-35(38)11-3)17-18-31(10-2)46-47-34-21-19-33(20-22-34)42-26(6)24-28(8)44-36(39)12-4/h9-22,25-28H,3-4,23-24H2,1-2,5-8H3/b18-17-,30-9+,31-10+. The quantitative estimate of drug-likeness (QED) is 0.0285. The maximum atomic E-state index is 12.8. The predicted molar refractivity (Wildman–Crippen MR) is 178 cm³/mol. The van der Waals surface area contributed by atoms with E-state index in [1.165, 1.54) is 0 Å². The molecule has 0 spiro atoms. The van der Waals surface area contributed by atoms with Gasteiger partial charge in [0.05, 0.1) is 17.8 Å². The minimum atomic E-state index is -0.546. The molecule has 0 N–H and O–H groups in total. The van der Waals surface area contributed by atoms with Crippen molar-refractivity contribution in [2.75, 3.05) is 0 Å². The van der Waals surface area contributed by atoms with Crippen LogP contribution in [0.25, 0.3) is 0 Å². The Bertz CT molecular complexity index is 1420. The average Bonchev–Trinajstić information content (AvgIpc) is 3.04. The summed E-state index contributed by atoms with van der Waals surface area (Å²) in [5, 5.41) is 0. The zero-order valence-corrected chi connectivity index (χ0v) is 27.8. The Labute approximate surface area is 276 Å². The lowest BCUT2D eigenvalue weighted by Gasteiger charge is -2.19. The summed E-state index contributed by atoms with van der Waals surface area (Å²) in [6.07, 6.45) is 8.70. The summed E-state index contributed by atoms with van der Waals surface area (Å²) in [5.41, 5.74) is 0.337. The summed E-state index contributed by atoms with van der Waals surface area (Å²) in [4.78, 5) is 46.3. The highest BCUT2D eigenvalue weighted by molar-refractivity contribution is 5.90. The molecule has 0 fully saturated rings. The first-order chi connectivity index (χ1) is 22.5. The van der Waals surface area contributed by atoms with Gasteiger partial charge in [0.15, 0.2) is 11.5 Å². The molecule has 47 heavy (non-hydrogen) atoms. The first kappa shape index (κ1) is 37.9. The Hall–Kier alpha value is -5.25. The van der Waals surface area contributed by atoms with Gasteiger partial charge in [-0.2, -0.15) is 0 Å². The van der Waals surface area contributed by atoms with E-state index in [2.05, 4.69) is 13.2 Å². The van der Waals surface area contributed by atoms with Crippen LogP contribution < -0.4 is 14.4 Å². The molecule has 10 heteroatoms. The van der Waals surface area contributed by atoms with E-state index in [9.17, 15) is 14.4 Å². The van der Waals surface area contributed by atoms with Crippen LogP contribution in [0.15, 0.2) is 110 Å². The van der Waals surface area contributed by atoms with Crippen LogP contribution in [-0.2, 0) is 28.7 Å². The monoisotopic (exact) mass is 648 g/mol. The van der Waals surface area contributed by atoms with E-state index in [-0.39, 0.29) is 24.4 Å². The third kappa shape index (κ3) is 14.6. The molecule has 4 unspecified atom stereocenters. The van der Waals surface area contributed by atoms with Crippen LogP contribution in [0.5, 0.6) is 17.2 Å². The molecule has 0 amide bonds. The number of carbonyl (C=O) groups excluding carboxylic acids is 3. The Morgan fingerprint density at radius 3 is 1.51 bits per heavy atom. The van der Waals surface area contributed by atoms with Crippen molar-refractivity contribution in [2.45, 2.75) is 78.8 Å². The van der Waals surface area contributed by atoms with Gasteiger partial charge in [-0.1, -0.05) is 13.2 Å². The van der Waals surface area contributed by atoms with Crippen LogP contribution in [0.3, 0.4) is 0 Å². The molecule has 0 saturated heterocycles. The van der Waals surface area contributed by atoms with E-state index in [1.807, 2.05) is 13.8 Å². The highest BCUT2D eigenvalue weighted by atomic mass is 17.2. The fraction of sp³-hybridized carbons (Fsp3) is 0.324. The molecule has 0 aliphatic rings. The summed E-state index contributed by atoms with van der Waals surface area (Å²) >= 11 is 0. The lowest BCUT2D eigenvalue weighted by molar-refractivity contribution is -0.161. The van der Waals surface area contributed by atoms with Gasteiger partial charge in [-0.15, -0.1) is 0 Å². The van der Waals surface area contributed by atoms with Crippen molar-refractivity contribution in [2.24, 2.45) is 0 Å². The molecule has 4 atom stereocenters. The molecule has 0 aromatic heterocycles. The van der Waals surface area contributed by atoms with Crippen molar-refractivity contribution in [3.8, 4) is 17.2 Å². The normalized spacial score (nSPS) is 14.2. The Balaban J connectivity index is 1.84. The lowest BCUT2D eigenvalue weighted by atomic mass is 10.2. The zero-order valence-electron chi connectivity index (χ0n) is 27.8. The van der Waals surface area contributed by atoms with Gasteiger partial charge in [-0.05, 0) is 114 Å². The second kappa shape index (κ2) is 20.0. The number of ether oxygens (including phenoxy) is 5. The lowest BCUT2D eigenvalue weighted by Crippen LogP contribution is -2.22. The first-order valence-corrected chi connectivity index (χ1v) is 15.2. The molecular weight excluding hydrogens is 604 g/mol. The molecule has 10 nitrogen and oxygen atoms in total. The summed E-state index contributed by atoms with van der Waals surface area (Å²) in [5.74, 6) is 0.804. The van der Waals surface area contributed by atoms with Crippen molar-refractivity contribution in [3.63, 3.8) is 0 Å². The van der Waals surface area contributed by atoms with E-state index in [0.717, 1.165) is 12.2 Å². The average molecular weight is 649 g/mol. The molecule has 2 rings (SSSR count). The number of hydrogen-bond donors (Lipinski definition) is 0. The molecule has 2 aromatic carbocycles. The maximum absolute atomic E-state index is 12.8. The van der Waals surface area contributed by atoms with Gasteiger partial charge in [-0.25, -0.2) is 14.4 Å². The Morgan fingerprint density at radius 1 is 0.638 bits per heavy atom. The van der Waals surface area contributed by atoms with Crippen LogP contribution in [0, 0.1) is 0 Å². The first-order valence-electron chi connectivity index (χ1n) is 15.2. The second-order valence-electron chi connectivity index (χ2n) is 10.5. The highest BCUT2D eigenvalue weighted by Gasteiger charge is 2.15. The number of benzene rings is 2. The topological polar surface area (TPSA) is 116 Å². The third-order valence-electron chi connectivity index (χ3n) is 6.31. The molecule has 0 saturated carbocycles. The maximum Gasteiger partial charge on any atom is 0.343 e. The summed E-state index contributed by atoms with van der Waals surface area (Å²) < 4.78 is 27.6. The van der Waals surface area contributed by atoms with Gasteiger partial charge in [0.2, 0.25) is 0 Å². The van der Waals surface area contributed by atoms with Gasteiger partial charge in [-0.3, -0.25) is 9.78 Å². The van der Waals surface area contributed by atoms with Crippen LogP contribution >= 0.6 is 0 Å². The zero-order chi connectivity index (χ0) is 34.8. The van der Waals surface area contributed by atoms with Crippen LogP contribution in [-0.4, -0.2) is 42.3 Å². The van der Waals surface area contributed by atoms with Crippen molar-refractivity contribution in [1.29, 1.82) is 0 Å². The molecular formula is C37H44O10. The van der Waals surface area contributed by atoms with Gasteiger partial charge in [0.25, 0.3) is 0 Å². The smallest absolute Gasteiger partial charge is 0.343 e. The Morgan fingerprint density at radius 2 is 1.06 bits per heavy atom. The number of allylic oxidation sites excluding steroid dienone is 4. The van der Waals surface area contributed by atoms with E-state index >= 15 is 0 Å². The predicted octanol–water partition coefficient (Wildman–Crippen LogP) is 7.77. The van der Waals surface area contributed by atoms with Crippen molar-refractivity contribution in [3.05, 3.63) is 115 Å². The summed E-state index contributed by atoms with van der Waals surface area (Å²) in [6, 6.07) is 13.4.